The Balaban J connectivity index is 2.91. The van der Waals surface area contributed by atoms with Crippen LogP contribution in [0.25, 0.3) is 0 Å². The van der Waals surface area contributed by atoms with Crippen LogP contribution in [0.5, 0.6) is 0 Å². The molecule has 0 aromatic heterocycles. The zero-order valence-corrected chi connectivity index (χ0v) is 12.4. The summed E-state index contributed by atoms with van der Waals surface area (Å²) in [6.07, 6.45) is 0.925. The van der Waals surface area contributed by atoms with Crippen LogP contribution in [0.3, 0.4) is 0 Å². The lowest BCUT2D eigenvalue weighted by Gasteiger charge is -2.42. The quantitative estimate of drug-likeness (QED) is 0.831. The molecule has 1 rings (SSSR count). The Hall–Kier alpha value is -1.06. The van der Waals surface area contributed by atoms with Gasteiger partial charge in [-0.05, 0) is 32.1 Å². The van der Waals surface area contributed by atoms with E-state index in [9.17, 15) is 9.59 Å². The minimum Gasteiger partial charge on any atom is -0.342 e. The maximum absolute atomic E-state index is 12.5. The van der Waals surface area contributed by atoms with Crippen molar-refractivity contribution in [3.05, 3.63) is 0 Å². The van der Waals surface area contributed by atoms with Crippen LogP contribution in [0.4, 0.5) is 0 Å². The van der Waals surface area contributed by atoms with Gasteiger partial charge in [-0.2, -0.15) is 0 Å². The van der Waals surface area contributed by atoms with Gasteiger partial charge in [-0.3, -0.25) is 9.59 Å². The number of amides is 2. The molecular weight excluding hydrogens is 228 g/mol. The van der Waals surface area contributed by atoms with Gasteiger partial charge in [0.15, 0.2) is 0 Å². The molecule has 0 radical (unpaired) electrons. The van der Waals surface area contributed by atoms with Gasteiger partial charge in [0.05, 0.1) is 0 Å². The van der Waals surface area contributed by atoms with Crippen LogP contribution < -0.4 is 5.32 Å². The molecule has 1 N–H and O–H groups in total. The molecule has 1 heterocycles. The fourth-order valence-corrected chi connectivity index (χ4v) is 2.66. The zero-order chi connectivity index (χ0) is 14.0. The molecule has 3 atom stereocenters. The molecule has 4 nitrogen and oxygen atoms in total. The van der Waals surface area contributed by atoms with E-state index in [-0.39, 0.29) is 35.9 Å². The summed E-state index contributed by atoms with van der Waals surface area (Å²) in [5.74, 6) is 0.666. The summed E-state index contributed by atoms with van der Waals surface area (Å²) in [5, 5.41) is 2.82. The van der Waals surface area contributed by atoms with Gasteiger partial charge >= 0.3 is 0 Å². The first-order chi connectivity index (χ1) is 8.25. The van der Waals surface area contributed by atoms with Gasteiger partial charge in [0.2, 0.25) is 11.8 Å². The van der Waals surface area contributed by atoms with Crippen molar-refractivity contribution >= 4 is 11.8 Å². The van der Waals surface area contributed by atoms with Gasteiger partial charge in [-0.15, -0.1) is 0 Å². The summed E-state index contributed by atoms with van der Waals surface area (Å²) in [6.45, 7) is 12.0. The monoisotopic (exact) mass is 254 g/mol. The molecule has 0 aromatic rings. The Morgan fingerprint density at radius 3 is 2.17 bits per heavy atom. The van der Waals surface area contributed by atoms with Crippen molar-refractivity contribution in [3.63, 3.8) is 0 Å². The summed E-state index contributed by atoms with van der Waals surface area (Å²) in [7, 11) is 0. The van der Waals surface area contributed by atoms with Gasteiger partial charge in [-0.1, -0.05) is 27.7 Å². The van der Waals surface area contributed by atoms with Crippen molar-refractivity contribution in [1.29, 1.82) is 0 Å². The SMILES string of the molecule is CC(C)CC(C)N1C(=O)C(C(C)C)NC(=O)C1C. The highest BCUT2D eigenvalue weighted by Gasteiger charge is 2.41. The first-order valence-corrected chi connectivity index (χ1v) is 6.88. The maximum Gasteiger partial charge on any atom is 0.246 e. The van der Waals surface area contributed by atoms with Crippen LogP contribution in [-0.2, 0) is 9.59 Å². The fraction of sp³-hybridized carbons (Fsp3) is 0.857. The number of hydrogen-bond acceptors (Lipinski definition) is 2. The van der Waals surface area contributed by atoms with E-state index in [0.717, 1.165) is 6.42 Å². The lowest BCUT2D eigenvalue weighted by atomic mass is 9.95. The Labute approximate surface area is 110 Å². The van der Waals surface area contributed by atoms with E-state index in [4.69, 9.17) is 0 Å². The number of piperazine rings is 1. The van der Waals surface area contributed by atoms with Gasteiger partial charge < -0.3 is 10.2 Å². The minimum absolute atomic E-state index is 0.0380. The van der Waals surface area contributed by atoms with E-state index in [0.29, 0.717) is 5.92 Å². The van der Waals surface area contributed by atoms with Gasteiger partial charge in [-0.25, -0.2) is 0 Å². The molecular formula is C14H26N2O2. The van der Waals surface area contributed by atoms with Crippen molar-refractivity contribution in [1.82, 2.24) is 10.2 Å². The Kier molecular flexibility index (Phi) is 4.77. The average Bonchev–Trinajstić information content (AvgIpc) is 2.22. The number of nitrogens with zero attached hydrogens (tertiary/aromatic N) is 1. The van der Waals surface area contributed by atoms with E-state index < -0.39 is 0 Å². The third-order valence-electron chi connectivity index (χ3n) is 3.57. The Bertz CT molecular complexity index is 326. The molecule has 1 aliphatic heterocycles. The van der Waals surface area contributed by atoms with E-state index in [1.165, 1.54) is 0 Å². The molecule has 1 aliphatic rings. The van der Waals surface area contributed by atoms with Crippen LogP contribution in [-0.4, -0.2) is 34.8 Å². The molecule has 1 fully saturated rings. The highest BCUT2D eigenvalue weighted by molar-refractivity contribution is 5.97. The van der Waals surface area contributed by atoms with Gasteiger partial charge in [0, 0.05) is 6.04 Å². The highest BCUT2D eigenvalue weighted by Crippen LogP contribution is 2.21. The van der Waals surface area contributed by atoms with Crippen LogP contribution in [0.1, 0.15) is 48.0 Å². The average molecular weight is 254 g/mol. The van der Waals surface area contributed by atoms with Crippen molar-refractivity contribution < 1.29 is 9.59 Å². The second-order valence-corrected chi connectivity index (χ2v) is 6.13. The Morgan fingerprint density at radius 2 is 1.72 bits per heavy atom. The smallest absolute Gasteiger partial charge is 0.246 e. The Morgan fingerprint density at radius 1 is 1.17 bits per heavy atom. The summed E-state index contributed by atoms with van der Waals surface area (Å²) in [5.41, 5.74) is 0. The van der Waals surface area contributed by atoms with E-state index in [1.807, 2.05) is 20.8 Å². The standard InChI is InChI=1S/C14H26N2O2/c1-8(2)7-10(5)16-11(6)13(17)15-12(9(3)4)14(16)18/h8-12H,7H2,1-6H3,(H,15,17). The maximum atomic E-state index is 12.5. The normalized spacial score (nSPS) is 26.8. The van der Waals surface area contributed by atoms with Gasteiger partial charge in [0.1, 0.15) is 12.1 Å². The number of rotatable bonds is 4. The molecule has 0 spiro atoms. The predicted octanol–water partition coefficient (Wildman–Crippen LogP) is 1.79. The minimum atomic E-state index is -0.372. The molecule has 0 bridgehead atoms. The molecule has 1 saturated heterocycles. The number of nitrogens with one attached hydrogen (secondary N) is 1. The molecule has 2 amide bonds. The number of hydrogen-bond donors (Lipinski definition) is 1. The fourth-order valence-electron chi connectivity index (χ4n) is 2.66. The van der Waals surface area contributed by atoms with Crippen molar-refractivity contribution in [3.8, 4) is 0 Å². The van der Waals surface area contributed by atoms with Crippen LogP contribution in [0.15, 0.2) is 0 Å². The lowest BCUT2D eigenvalue weighted by Crippen LogP contribution is -2.65. The number of carbonyl (C=O) groups is 2. The van der Waals surface area contributed by atoms with Crippen LogP contribution >= 0.6 is 0 Å². The van der Waals surface area contributed by atoms with Crippen molar-refractivity contribution in [2.45, 2.75) is 66.1 Å². The molecule has 3 unspecified atom stereocenters. The first kappa shape index (κ1) is 15.0. The molecule has 0 saturated carbocycles. The molecule has 104 valence electrons. The summed E-state index contributed by atoms with van der Waals surface area (Å²) in [4.78, 5) is 26.2. The first-order valence-electron chi connectivity index (χ1n) is 6.88. The van der Waals surface area contributed by atoms with E-state index in [2.05, 4.69) is 19.2 Å². The van der Waals surface area contributed by atoms with Crippen molar-refractivity contribution in [2.75, 3.05) is 0 Å². The summed E-state index contributed by atoms with van der Waals surface area (Å²) >= 11 is 0. The second kappa shape index (κ2) is 5.72. The molecule has 0 aromatic carbocycles. The largest absolute Gasteiger partial charge is 0.342 e. The summed E-state index contributed by atoms with van der Waals surface area (Å²) in [6, 6.07) is -0.621. The van der Waals surface area contributed by atoms with Gasteiger partial charge in [0.25, 0.3) is 0 Å². The topological polar surface area (TPSA) is 49.4 Å². The summed E-state index contributed by atoms with van der Waals surface area (Å²) < 4.78 is 0. The predicted molar refractivity (Wildman–Crippen MR) is 72.0 cm³/mol. The zero-order valence-electron chi connectivity index (χ0n) is 12.4. The lowest BCUT2D eigenvalue weighted by molar-refractivity contribution is -0.152. The van der Waals surface area contributed by atoms with Crippen LogP contribution in [0.2, 0.25) is 0 Å². The van der Waals surface area contributed by atoms with Crippen molar-refractivity contribution in [2.24, 2.45) is 11.8 Å². The number of carbonyl (C=O) groups excluding carboxylic acids is 2. The van der Waals surface area contributed by atoms with E-state index >= 15 is 0 Å². The molecule has 0 aliphatic carbocycles. The highest BCUT2D eigenvalue weighted by atomic mass is 16.2. The molecule has 4 heteroatoms. The van der Waals surface area contributed by atoms with E-state index in [1.54, 1.807) is 11.8 Å². The third-order valence-corrected chi connectivity index (χ3v) is 3.57. The van der Waals surface area contributed by atoms with Crippen LogP contribution in [0, 0.1) is 11.8 Å². The third kappa shape index (κ3) is 3.03. The molecule has 18 heavy (non-hydrogen) atoms. The second-order valence-electron chi connectivity index (χ2n) is 6.13.